The Bertz CT molecular complexity index is 297. The number of ether oxygens (including phenoxy) is 1. The van der Waals surface area contributed by atoms with Crippen molar-refractivity contribution in [1.82, 2.24) is 5.32 Å². The van der Waals surface area contributed by atoms with Crippen molar-refractivity contribution >= 4 is 11.6 Å². The molecular formula is C13H20ClNO. The number of hydrogen-bond acceptors (Lipinski definition) is 2. The first-order valence-corrected chi connectivity index (χ1v) is 6.03. The molecule has 0 fully saturated rings. The Morgan fingerprint density at radius 3 is 2.38 bits per heavy atom. The summed E-state index contributed by atoms with van der Waals surface area (Å²) < 4.78 is 5.60. The van der Waals surface area contributed by atoms with Gasteiger partial charge in [-0.1, -0.05) is 23.7 Å². The van der Waals surface area contributed by atoms with E-state index in [2.05, 4.69) is 31.3 Å². The molecule has 1 aromatic carbocycles. The first-order valence-electron chi connectivity index (χ1n) is 5.65. The standard InChI is InChI=1S/C13H20ClNO/c1-10(2)16-9-13(15-3)8-11-4-6-12(14)7-5-11/h4-7,10,13,15H,8-9H2,1-3H3. The van der Waals surface area contributed by atoms with Gasteiger partial charge in [0.25, 0.3) is 0 Å². The molecule has 0 aromatic heterocycles. The molecule has 1 atom stereocenters. The van der Waals surface area contributed by atoms with E-state index in [4.69, 9.17) is 16.3 Å². The highest BCUT2D eigenvalue weighted by atomic mass is 35.5. The third-order valence-electron chi connectivity index (χ3n) is 2.43. The minimum absolute atomic E-state index is 0.279. The molecule has 3 heteroatoms. The maximum absolute atomic E-state index is 5.84. The molecule has 90 valence electrons. The third-order valence-corrected chi connectivity index (χ3v) is 2.69. The summed E-state index contributed by atoms with van der Waals surface area (Å²) in [6.45, 7) is 4.83. The van der Waals surface area contributed by atoms with Crippen molar-refractivity contribution in [2.45, 2.75) is 32.4 Å². The highest BCUT2D eigenvalue weighted by molar-refractivity contribution is 6.30. The minimum atomic E-state index is 0.279. The molecule has 0 aliphatic carbocycles. The smallest absolute Gasteiger partial charge is 0.0626 e. The van der Waals surface area contributed by atoms with E-state index < -0.39 is 0 Å². The Balaban J connectivity index is 2.46. The van der Waals surface area contributed by atoms with E-state index in [-0.39, 0.29) is 6.10 Å². The summed E-state index contributed by atoms with van der Waals surface area (Å²) in [7, 11) is 1.96. The van der Waals surface area contributed by atoms with Gasteiger partial charge in [0.05, 0.1) is 12.7 Å². The Morgan fingerprint density at radius 1 is 1.25 bits per heavy atom. The lowest BCUT2D eigenvalue weighted by molar-refractivity contribution is 0.0628. The molecule has 0 saturated carbocycles. The van der Waals surface area contributed by atoms with Gasteiger partial charge in [-0.05, 0) is 45.0 Å². The molecule has 0 saturated heterocycles. The van der Waals surface area contributed by atoms with Crippen LogP contribution in [0.5, 0.6) is 0 Å². The predicted molar refractivity (Wildman–Crippen MR) is 69.1 cm³/mol. The number of hydrogen-bond donors (Lipinski definition) is 1. The summed E-state index contributed by atoms with van der Waals surface area (Å²) in [5.74, 6) is 0. The van der Waals surface area contributed by atoms with Gasteiger partial charge < -0.3 is 10.1 Å². The second kappa shape index (κ2) is 6.89. The second-order valence-electron chi connectivity index (χ2n) is 4.20. The Kier molecular flexibility index (Phi) is 5.81. The fourth-order valence-electron chi connectivity index (χ4n) is 1.46. The molecular weight excluding hydrogens is 222 g/mol. The average Bonchev–Trinajstić information content (AvgIpc) is 2.26. The number of benzene rings is 1. The van der Waals surface area contributed by atoms with Gasteiger partial charge in [0.15, 0.2) is 0 Å². The van der Waals surface area contributed by atoms with E-state index >= 15 is 0 Å². The van der Waals surface area contributed by atoms with E-state index in [0.29, 0.717) is 6.04 Å². The molecule has 1 aromatic rings. The second-order valence-corrected chi connectivity index (χ2v) is 4.63. The van der Waals surface area contributed by atoms with E-state index in [0.717, 1.165) is 18.1 Å². The molecule has 0 aliphatic heterocycles. The minimum Gasteiger partial charge on any atom is -0.377 e. The molecule has 0 radical (unpaired) electrons. The lowest BCUT2D eigenvalue weighted by Gasteiger charge is -2.18. The van der Waals surface area contributed by atoms with Gasteiger partial charge in [-0.15, -0.1) is 0 Å². The van der Waals surface area contributed by atoms with Crippen molar-refractivity contribution in [3.05, 3.63) is 34.9 Å². The summed E-state index contributed by atoms with van der Waals surface area (Å²) in [5, 5.41) is 4.04. The zero-order valence-electron chi connectivity index (χ0n) is 10.2. The summed E-state index contributed by atoms with van der Waals surface area (Å²) >= 11 is 5.84. The maximum Gasteiger partial charge on any atom is 0.0626 e. The van der Waals surface area contributed by atoms with Crippen LogP contribution >= 0.6 is 11.6 Å². The lowest BCUT2D eigenvalue weighted by atomic mass is 10.1. The number of likely N-dealkylation sites (N-methyl/N-ethyl adjacent to an activating group) is 1. The molecule has 1 N–H and O–H groups in total. The van der Waals surface area contributed by atoms with Crippen LogP contribution in [0.3, 0.4) is 0 Å². The van der Waals surface area contributed by atoms with Crippen LogP contribution in [0.25, 0.3) is 0 Å². The number of nitrogens with one attached hydrogen (secondary N) is 1. The van der Waals surface area contributed by atoms with Crippen molar-refractivity contribution in [3.63, 3.8) is 0 Å². The normalized spacial score (nSPS) is 13.1. The van der Waals surface area contributed by atoms with Gasteiger partial charge in [0.2, 0.25) is 0 Å². The van der Waals surface area contributed by atoms with E-state index in [1.165, 1.54) is 5.56 Å². The molecule has 1 rings (SSSR count). The fraction of sp³-hybridized carbons (Fsp3) is 0.538. The third kappa shape index (κ3) is 4.97. The van der Waals surface area contributed by atoms with E-state index in [1.54, 1.807) is 0 Å². The summed E-state index contributed by atoms with van der Waals surface area (Å²) in [6.07, 6.45) is 1.24. The Labute approximate surface area is 103 Å². The van der Waals surface area contributed by atoms with E-state index in [9.17, 15) is 0 Å². The SMILES string of the molecule is CNC(COC(C)C)Cc1ccc(Cl)cc1. The van der Waals surface area contributed by atoms with Crippen LogP contribution in [0.15, 0.2) is 24.3 Å². The Hall–Kier alpha value is -0.570. The summed E-state index contributed by atoms with van der Waals surface area (Å²) in [6, 6.07) is 8.31. The predicted octanol–water partition coefficient (Wildman–Crippen LogP) is 2.90. The highest BCUT2D eigenvalue weighted by Gasteiger charge is 2.08. The average molecular weight is 242 g/mol. The van der Waals surface area contributed by atoms with Crippen LogP contribution in [0.1, 0.15) is 19.4 Å². The topological polar surface area (TPSA) is 21.3 Å². The van der Waals surface area contributed by atoms with Crippen molar-refractivity contribution in [2.75, 3.05) is 13.7 Å². The molecule has 2 nitrogen and oxygen atoms in total. The zero-order valence-corrected chi connectivity index (χ0v) is 10.9. The van der Waals surface area contributed by atoms with Crippen molar-refractivity contribution < 1.29 is 4.74 Å². The zero-order chi connectivity index (χ0) is 12.0. The molecule has 0 spiro atoms. The maximum atomic E-state index is 5.84. The monoisotopic (exact) mass is 241 g/mol. The van der Waals surface area contributed by atoms with Crippen LogP contribution in [0.4, 0.5) is 0 Å². The molecule has 0 aliphatic rings. The Morgan fingerprint density at radius 2 is 1.88 bits per heavy atom. The molecule has 0 bridgehead atoms. The van der Waals surface area contributed by atoms with Crippen LogP contribution in [0.2, 0.25) is 5.02 Å². The number of rotatable bonds is 6. The van der Waals surface area contributed by atoms with Crippen molar-refractivity contribution in [3.8, 4) is 0 Å². The van der Waals surface area contributed by atoms with Gasteiger partial charge >= 0.3 is 0 Å². The van der Waals surface area contributed by atoms with Crippen LogP contribution in [-0.4, -0.2) is 25.8 Å². The quantitative estimate of drug-likeness (QED) is 0.827. The van der Waals surface area contributed by atoms with Crippen molar-refractivity contribution in [1.29, 1.82) is 0 Å². The molecule has 1 unspecified atom stereocenters. The van der Waals surface area contributed by atoms with Crippen LogP contribution < -0.4 is 5.32 Å². The van der Waals surface area contributed by atoms with Crippen molar-refractivity contribution in [2.24, 2.45) is 0 Å². The largest absolute Gasteiger partial charge is 0.377 e. The number of halogens is 1. The van der Waals surface area contributed by atoms with Gasteiger partial charge in [-0.2, -0.15) is 0 Å². The van der Waals surface area contributed by atoms with E-state index in [1.807, 2.05) is 19.2 Å². The van der Waals surface area contributed by atoms with Gasteiger partial charge in [-0.3, -0.25) is 0 Å². The van der Waals surface area contributed by atoms with Gasteiger partial charge in [0.1, 0.15) is 0 Å². The molecule has 0 heterocycles. The molecule has 0 amide bonds. The van der Waals surface area contributed by atoms with Gasteiger partial charge in [0, 0.05) is 11.1 Å². The first kappa shape index (κ1) is 13.5. The summed E-state index contributed by atoms with van der Waals surface area (Å²) in [4.78, 5) is 0. The molecule has 16 heavy (non-hydrogen) atoms. The highest BCUT2D eigenvalue weighted by Crippen LogP contribution is 2.11. The summed E-state index contributed by atoms with van der Waals surface area (Å²) in [5.41, 5.74) is 1.27. The van der Waals surface area contributed by atoms with Gasteiger partial charge in [-0.25, -0.2) is 0 Å². The van der Waals surface area contributed by atoms with Crippen LogP contribution in [0, 0.1) is 0 Å². The fourth-order valence-corrected chi connectivity index (χ4v) is 1.58. The lowest BCUT2D eigenvalue weighted by Crippen LogP contribution is -2.33. The first-order chi connectivity index (χ1) is 7.61. The van der Waals surface area contributed by atoms with Crippen LogP contribution in [-0.2, 0) is 11.2 Å².